The Labute approximate surface area is 183 Å². The van der Waals surface area contributed by atoms with Crippen molar-refractivity contribution in [1.82, 2.24) is 9.88 Å². The maximum atomic E-state index is 6.66. The number of hydrogen-bond acceptors (Lipinski definition) is 6. The normalized spacial score (nSPS) is 28.5. The third-order valence-electron chi connectivity index (χ3n) is 7.31. The molecule has 5 nitrogen and oxygen atoms in total. The van der Waals surface area contributed by atoms with Crippen molar-refractivity contribution in [3.63, 3.8) is 0 Å². The van der Waals surface area contributed by atoms with Crippen LogP contribution in [0, 0.1) is 0 Å². The van der Waals surface area contributed by atoms with Gasteiger partial charge in [-0.25, -0.2) is 4.98 Å². The first-order valence-electron chi connectivity index (χ1n) is 11.6. The number of nitrogens with zero attached hydrogens (tertiary/aromatic N) is 2. The lowest BCUT2D eigenvalue weighted by Crippen LogP contribution is -2.46. The van der Waals surface area contributed by atoms with E-state index in [-0.39, 0.29) is 6.10 Å². The Kier molecular flexibility index (Phi) is 6.28. The van der Waals surface area contributed by atoms with Gasteiger partial charge in [0.1, 0.15) is 10.6 Å². The summed E-state index contributed by atoms with van der Waals surface area (Å²) >= 11 is 1.87. The van der Waals surface area contributed by atoms with Crippen molar-refractivity contribution in [1.29, 1.82) is 0 Å². The van der Waals surface area contributed by atoms with Crippen molar-refractivity contribution >= 4 is 21.6 Å². The number of methoxy groups -OCH3 is 1. The molecule has 2 aromatic heterocycles. The molecule has 2 fully saturated rings. The molecule has 0 amide bonds. The summed E-state index contributed by atoms with van der Waals surface area (Å²) < 4.78 is 17.8. The molecule has 5 rings (SSSR count). The molecule has 0 unspecified atom stereocenters. The molecule has 3 aliphatic rings. The van der Waals surface area contributed by atoms with E-state index in [2.05, 4.69) is 17.9 Å². The molecule has 1 aliphatic heterocycles. The molecule has 3 heterocycles. The number of pyridine rings is 1. The smallest absolute Gasteiger partial charge is 0.131 e. The Balaban J connectivity index is 1.31. The molecule has 0 spiro atoms. The SMILES string of the molecule is CO[C@H](C)C[C@H]1CCc2sc3nccc(OC4CCC(N5CCOCC5)CC4)c3c21. The highest BCUT2D eigenvalue weighted by atomic mass is 32.1. The zero-order chi connectivity index (χ0) is 20.5. The summed E-state index contributed by atoms with van der Waals surface area (Å²) in [6.07, 6.45) is 10.7. The zero-order valence-corrected chi connectivity index (χ0v) is 19.1. The van der Waals surface area contributed by atoms with Gasteiger partial charge in [0.15, 0.2) is 0 Å². The van der Waals surface area contributed by atoms with Crippen LogP contribution < -0.4 is 4.74 Å². The van der Waals surface area contributed by atoms with E-state index in [1.54, 1.807) is 0 Å². The standard InChI is InChI=1S/C24H34N2O3S/c1-16(27-2)15-17-3-8-21-22(17)23-20(9-10-25-24(23)30-21)29-19-6-4-18(5-7-19)26-11-13-28-14-12-26/h9-10,16-19H,3-8,11-15H2,1-2H3/t16-,17-,18?,19?/m1/s1. The molecule has 2 aliphatic carbocycles. The van der Waals surface area contributed by atoms with Gasteiger partial charge in [-0.15, -0.1) is 11.3 Å². The van der Waals surface area contributed by atoms with E-state index in [0.29, 0.717) is 18.1 Å². The number of aromatic nitrogens is 1. The quantitative estimate of drug-likeness (QED) is 0.660. The monoisotopic (exact) mass is 430 g/mol. The minimum atomic E-state index is 0.285. The second-order valence-corrected chi connectivity index (χ2v) is 10.2. The first-order valence-corrected chi connectivity index (χ1v) is 12.5. The number of ether oxygens (including phenoxy) is 3. The summed E-state index contributed by atoms with van der Waals surface area (Å²) in [6.45, 7) is 6.12. The van der Waals surface area contributed by atoms with E-state index >= 15 is 0 Å². The molecule has 30 heavy (non-hydrogen) atoms. The number of hydrogen-bond donors (Lipinski definition) is 0. The van der Waals surface area contributed by atoms with Crippen molar-refractivity contribution < 1.29 is 14.2 Å². The molecule has 1 saturated carbocycles. The molecular weight excluding hydrogens is 396 g/mol. The van der Waals surface area contributed by atoms with Gasteiger partial charge >= 0.3 is 0 Å². The van der Waals surface area contributed by atoms with Crippen LogP contribution in [0.3, 0.4) is 0 Å². The van der Waals surface area contributed by atoms with Crippen LogP contribution >= 0.6 is 11.3 Å². The van der Waals surface area contributed by atoms with E-state index in [1.165, 1.54) is 41.5 Å². The zero-order valence-electron chi connectivity index (χ0n) is 18.3. The van der Waals surface area contributed by atoms with Crippen LogP contribution in [0.2, 0.25) is 0 Å². The van der Waals surface area contributed by atoms with Gasteiger partial charge in [-0.2, -0.15) is 0 Å². The van der Waals surface area contributed by atoms with Crippen LogP contribution in [0.5, 0.6) is 5.75 Å². The van der Waals surface area contributed by atoms with Crippen LogP contribution in [-0.4, -0.2) is 61.5 Å². The first kappa shape index (κ1) is 20.7. The molecule has 2 atom stereocenters. The van der Waals surface area contributed by atoms with Gasteiger partial charge in [0.25, 0.3) is 0 Å². The second kappa shape index (κ2) is 9.11. The maximum Gasteiger partial charge on any atom is 0.131 e. The highest BCUT2D eigenvalue weighted by molar-refractivity contribution is 7.19. The molecule has 0 aromatic carbocycles. The molecule has 164 valence electrons. The Morgan fingerprint density at radius 2 is 2.00 bits per heavy atom. The third-order valence-corrected chi connectivity index (χ3v) is 8.49. The summed E-state index contributed by atoms with van der Waals surface area (Å²) in [7, 11) is 1.82. The third kappa shape index (κ3) is 4.12. The summed E-state index contributed by atoms with van der Waals surface area (Å²) in [5, 5.41) is 1.29. The van der Waals surface area contributed by atoms with Crippen LogP contribution in [0.15, 0.2) is 12.3 Å². The highest BCUT2D eigenvalue weighted by Gasteiger charge is 2.32. The van der Waals surface area contributed by atoms with E-state index in [9.17, 15) is 0 Å². The minimum Gasteiger partial charge on any atom is -0.490 e. The van der Waals surface area contributed by atoms with Gasteiger partial charge in [-0.05, 0) is 69.4 Å². The molecule has 0 N–H and O–H groups in total. The van der Waals surface area contributed by atoms with Crippen LogP contribution in [-0.2, 0) is 15.9 Å². The average molecular weight is 431 g/mol. The number of fused-ring (bicyclic) bond motifs is 3. The van der Waals surface area contributed by atoms with Crippen molar-refractivity contribution in [2.75, 3.05) is 33.4 Å². The van der Waals surface area contributed by atoms with Gasteiger partial charge in [-0.3, -0.25) is 4.90 Å². The highest BCUT2D eigenvalue weighted by Crippen LogP contribution is 2.48. The fourth-order valence-corrected chi connectivity index (χ4v) is 6.87. The van der Waals surface area contributed by atoms with Crippen molar-refractivity contribution in [2.24, 2.45) is 0 Å². The summed E-state index contributed by atoms with van der Waals surface area (Å²) in [4.78, 5) is 9.98. The first-order chi connectivity index (χ1) is 14.7. The number of rotatable bonds is 6. The Morgan fingerprint density at radius 1 is 1.20 bits per heavy atom. The van der Waals surface area contributed by atoms with E-state index in [4.69, 9.17) is 19.2 Å². The lowest BCUT2D eigenvalue weighted by molar-refractivity contribution is -0.000920. The van der Waals surface area contributed by atoms with Gasteiger partial charge < -0.3 is 14.2 Å². The fraction of sp³-hybridized carbons (Fsp3) is 0.708. The Hall–Kier alpha value is -1.21. The van der Waals surface area contributed by atoms with Crippen molar-refractivity contribution in [3.05, 3.63) is 22.7 Å². The van der Waals surface area contributed by atoms with Crippen LogP contribution in [0.25, 0.3) is 10.2 Å². The number of morpholine rings is 1. The largest absolute Gasteiger partial charge is 0.490 e. The topological polar surface area (TPSA) is 43.8 Å². The van der Waals surface area contributed by atoms with Gasteiger partial charge in [0, 0.05) is 37.3 Å². The lowest BCUT2D eigenvalue weighted by Gasteiger charge is -2.38. The van der Waals surface area contributed by atoms with E-state index < -0.39 is 0 Å². The number of aryl methyl sites for hydroxylation is 1. The summed E-state index contributed by atoms with van der Waals surface area (Å²) in [5.41, 5.74) is 1.50. The Bertz CT molecular complexity index is 855. The van der Waals surface area contributed by atoms with E-state index in [0.717, 1.165) is 56.1 Å². The van der Waals surface area contributed by atoms with Crippen LogP contribution in [0.1, 0.15) is 61.8 Å². The summed E-state index contributed by atoms with van der Waals surface area (Å²) in [5.74, 6) is 1.62. The van der Waals surface area contributed by atoms with Gasteiger partial charge in [0.05, 0.1) is 30.8 Å². The molecule has 2 aromatic rings. The van der Waals surface area contributed by atoms with Crippen molar-refractivity contribution in [2.45, 2.75) is 76.0 Å². The Morgan fingerprint density at radius 3 is 2.77 bits per heavy atom. The predicted octanol–water partition coefficient (Wildman–Crippen LogP) is 4.77. The predicted molar refractivity (Wildman–Crippen MR) is 121 cm³/mol. The summed E-state index contributed by atoms with van der Waals surface area (Å²) in [6, 6.07) is 2.80. The molecule has 1 saturated heterocycles. The molecule has 0 radical (unpaired) electrons. The van der Waals surface area contributed by atoms with Gasteiger partial charge in [0.2, 0.25) is 0 Å². The average Bonchev–Trinajstić information content (AvgIpc) is 3.35. The lowest BCUT2D eigenvalue weighted by atomic mass is 9.91. The fourth-order valence-electron chi connectivity index (χ4n) is 5.61. The number of thiophene rings is 1. The van der Waals surface area contributed by atoms with Crippen molar-refractivity contribution in [3.8, 4) is 5.75 Å². The second-order valence-electron chi connectivity index (χ2n) is 9.14. The van der Waals surface area contributed by atoms with E-state index in [1.807, 2.05) is 24.6 Å². The molecule has 6 heteroatoms. The van der Waals surface area contributed by atoms with Crippen LogP contribution in [0.4, 0.5) is 0 Å². The minimum absolute atomic E-state index is 0.285. The maximum absolute atomic E-state index is 6.66. The molecular formula is C24H34N2O3S. The molecule has 0 bridgehead atoms. The van der Waals surface area contributed by atoms with Gasteiger partial charge in [-0.1, -0.05) is 0 Å².